The molecule has 20 heavy (non-hydrogen) atoms. The van der Waals surface area contributed by atoms with Crippen LogP contribution < -0.4 is 5.73 Å². The van der Waals surface area contributed by atoms with Gasteiger partial charge in [0.2, 0.25) is 5.95 Å². The van der Waals surface area contributed by atoms with Gasteiger partial charge < -0.3 is 10.3 Å². The number of fused-ring (bicyclic) bond motifs is 1. The number of aromatic nitrogens is 2. The van der Waals surface area contributed by atoms with Crippen molar-refractivity contribution in [2.75, 3.05) is 5.73 Å². The molecule has 0 saturated heterocycles. The summed E-state index contributed by atoms with van der Waals surface area (Å²) >= 11 is 6.18. The van der Waals surface area contributed by atoms with Crippen LogP contribution in [0.1, 0.15) is 46.5 Å². The van der Waals surface area contributed by atoms with Gasteiger partial charge in [0, 0.05) is 6.54 Å². The summed E-state index contributed by atoms with van der Waals surface area (Å²) in [6.45, 7) is 7.69. The Hall–Kier alpha value is -1.22. The van der Waals surface area contributed by atoms with Crippen LogP contribution in [0.15, 0.2) is 18.2 Å². The van der Waals surface area contributed by atoms with E-state index in [9.17, 15) is 0 Å². The summed E-state index contributed by atoms with van der Waals surface area (Å²) in [7, 11) is 0. The molecule has 1 heterocycles. The lowest BCUT2D eigenvalue weighted by atomic mass is 9.86. The molecule has 0 aliphatic heterocycles. The van der Waals surface area contributed by atoms with Gasteiger partial charge in [-0.05, 0) is 24.0 Å². The summed E-state index contributed by atoms with van der Waals surface area (Å²) in [5, 5.41) is 0.664. The number of nitrogens with two attached hydrogens (primary N) is 1. The Morgan fingerprint density at radius 1 is 1.30 bits per heavy atom. The Balaban J connectivity index is 2.25. The number of halogens is 1. The van der Waals surface area contributed by atoms with E-state index >= 15 is 0 Å². The largest absolute Gasteiger partial charge is 0.369 e. The van der Waals surface area contributed by atoms with Crippen molar-refractivity contribution in [3.8, 4) is 0 Å². The first-order valence-electron chi connectivity index (χ1n) is 7.35. The van der Waals surface area contributed by atoms with Gasteiger partial charge in [0.05, 0.1) is 10.5 Å². The summed E-state index contributed by atoms with van der Waals surface area (Å²) in [5.74, 6) is 0.552. The number of hydrogen-bond acceptors (Lipinski definition) is 2. The standard InChI is InChI=1S/C16H24ClN3/c1-4-5-6-10-16(2,3)11-20-13-9-7-8-12(17)14(13)19-15(20)18/h7-9H,4-6,10-11H2,1-3H3,(H2,18,19). The maximum absolute atomic E-state index is 6.18. The third-order valence-electron chi connectivity index (χ3n) is 3.80. The van der Waals surface area contributed by atoms with E-state index in [1.165, 1.54) is 25.7 Å². The number of anilines is 1. The highest BCUT2D eigenvalue weighted by atomic mass is 35.5. The van der Waals surface area contributed by atoms with Crippen molar-refractivity contribution in [1.82, 2.24) is 9.55 Å². The molecule has 2 aromatic rings. The fourth-order valence-corrected chi connectivity index (χ4v) is 2.87. The molecule has 0 aliphatic carbocycles. The molecule has 0 spiro atoms. The van der Waals surface area contributed by atoms with Crippen LogP contribution in [0.2, 0.25) is 5.02 Å². The average Bonchev–Trinajstić information content (AvgIpc) is 2.68. The second-order valence-corrected chi connectivity index (χ2v) is 6.69. The minimum absolute atomic E-state index is 0.208. The molecule has 0 fully saturated rings. The topological polar surface area (TPSA) is 43.8 Å². The van der Waals surface area contributed by atoms with Gasteiger partial charge in [-0.25, -0.2) is 4.98 Å². The maximum Gasteiger partial charge on any atom is 0.201 e. The van der Waals surface area contributed by atoms with Crippen molar-refractivity contribution in [3.63, 3.8) is 0 Å². The Bertz CT molecular complexity index is 587. The third kappa shape index (κ3) is 3.26. The first-order valence-corrected chi connectivity index (χ1v) is 7.72. The van der Waals surface area contributed by atoms with E-state index in [-0.39, 0.29) is 5.41 Å². The van der Waals surface area contributed by atoms with Gasteiger partial charge in [0.25, 0.3) is 0 Å². The lowest BCUT2D eigenvalue weighted by Crippen LogP contribution is -2.20. The number of nitrogens with zero attached hydrogens (tertiary/aromatic N) is 2. The van der Waals surface area contributed by atoms with E-state index in [1.54, 1.807) is 0 Å². The number of imidazole rings is 1. The van der Waals surface area contributed by atoms with Gasteiger partial charge in [-0.1, -0.05) is 57.7 Å². The van der Waals surface area contributed by atoms with Gasteiger partial charge in [-0.3, -0.25) is 0 Å². The number of rotatable bonds is 6. The smallest absolute Gasteiger partial charge is 0.201 e. The Morgan fingerprint density at radius 2 is 2.05 bits per heavy atom. The van der Waals surface area contributed by atoms with Crippen molar-refractivity contribution < 1.29 is 0 Å². The summed E-state index contributed by atoms with van der Waals surface area (Å²) < 4.78 is 2.09. The summed E-state index contributed by atoms with van der Waals surface area (Å²) in [5.41, 5.74) is 8.11. The third-order valence-corrected chi connectivity index (χ3v) is 4.11. The fourth-order valence-electron chi connectivity index (χ4n) is 2.66. The minimum Gasteiger partial charge on any atom is -0.369 e. The zero-order valence-electron chi connectivity index (χ0n) is 12.6. The first-order chi connectivity index (χ1) is 9.44. The molecule has 0 unspecified atom stereocenters. The summed E-state index contributed by atoms with van der Waals surface area (Å²) in [4.78, 5) is 4.40. The minimum atomic E-state index is 0.208. The SMILES string of the molecule is CCCCCC(C)(C)Cn1c(N)nc2c(Cl)cccc21. The summed E-state index contributed by atoms with van der Waals surface area (Å²) in [6.07, 6.45) is 4.99. The van der Waals surface area contributed by atoms with E-state index in [4.69, 9.17) is 17.3 Å². The van der Waals surface area contributed by atoms with E-state index < -0.39 is 0 Å². The molecule has 4 heteroatoms. The molecular formula is C16H24ClN3. The Morgan fingerprint density at radius 3 is 2.75 bits per heavy atom. The number of para-hydroxylation sites is 1. The quantitative estimate of drug-likeness (QED) is 0.772. The predicted octanol–water partition coefficient (Wildman–Crippen LogP) is 4.88. The maximum atomic E-state index is 6.18. The normalized spacial score (nSPS) is 12.2. The van der Waals surface area contributed by atoms with Crippen molar-refractivity contribution in [3.05, 3.63) is 23.2 Å². The van der Waals surface area contributed by atoms with Crippen LogP contribution in [0.5, 0.6) is 0 Å². The van der Waals surface area contributed by atoms with E-state index in [2.05, 4.69) is 30.3 Å². The highest BCUT2D eigenvalue weighted by Crippen LogP contribution is 2.31. The molecule has 0 aliphatic rings. The van der Waals surface area contributed by atoms with Crippen molar-refractivity contribution in [2.45, 2.75) is 53.0 Å². The number of benzene rings is 1. The van der Waals surface area contributed by atoms with Crippen molar-refractivity contribution >= 4 is 28.6 Å². The molecule has 0 bridgehead atoms. The Kier molecular flexibility index (Phi) is 4.59. The number of unbranched alkanes of at least 4 members (excludes halogenated alkanes) is 2. The van der Waals surface area contributed by atoms with Gasteiger partial charge in [-0.2, -0.15) is 0 Å². The van der Waals surface area contributed by atoms with E-state index in [0.29, 0.717) is 11.0 Å². The van der Waals surface area contributed by atoms with Crippen LogP contribution in [0.25, 0.3) is 11.0 Å². The fraction of sp³-hybridized carbons (Fsp3) is 0.562. The summed E-state index contributed by atoms with van der Waals surface area (Å²) in [6, 6.07) is 5.84. The van der Waals surface area contributed by atoms with Gasteiger partial charge in [-0.15, -0.1) is 0 Å². The molecule has 0 amide bonds. The highest BCUT2D eigenvalue weighted by molar-refractivity contribution is 6.35. The average molecular weight is 294 g/mol. The predicted molar refractivity (Wildman–Crippen MR) is 87.1 cm³/mol. The lowest BCUT2D eigenvalue weighted by Gasteiger charge is -2.26. The van der Waals surface area contributed by atoms with Crippen LogP contribution in [0.4, 0.5) is 5.95 Å². The van der Waals surface area contributed by atoms with Crippen LogP contribution in [0.3, 0.4) is 0 Å². The zero-order valence-corrected chi connectivity index (χ0v) is 13.4. The molecule has 0 atom stereocenters. The number of nitrogen functional groups attached to an aromatic ring is 1. The van der Waals surface area contributed by atoms with Crippen LogP contribution >= 0.6 is 11.6 Å². The first kappa shape index (κ1) is 15.2. The van der Waals surface area contributed by atoms with Crippen molar-refractivity contribution in [1.29, 1.82) is 0 Å². The second-order valence-electron chi connectivity index (χ2n) is 6.29. The molecule has 2 rings (SSSR count). The molecular weight excluding hydrogens is 270 g/mol. The molecule has 110 valence electrons. The number of hydrogen-bond donors (Lipinski definition) is 1. The van der Waals surface area contributed by atoms with Gasteiger partial charge in [0.15, 0.2) is 0 Å². The van der Waals surface area contributed by atoms with E-state index in [0.717, 1.165) is 17.6 Å². The highest BCUT2D eigenvalue weighted by Gasteiger charge is 2.21. The molecule has 0 saturated carbocycles. The second kappa shape index (κ2) is 6.04. The lowest BCUT2D eigenvalue weighted by molar-refractivity contribution is 0.276. The Labute approximate surface area is 126 Å². The molecule has 1 aromatic carbocycles. The molecule has 0 radical (unpaired) electrons. The molecule has 1 aromatic heterocycles. The monoisotopic (exact) mass is 293 g/mol. The zero-order chi connectivity index (χ0) is 14.8. The van der Waals surface area contributed by atoms with Crippen molar-refractivity contribution in [2.24, 2.45) is 5.41 Å². The van der Waals surface area contributed by atoms with Crippen LogP contribution in [0, 0.1) is 5.41 Å². The molecule has 3 nitrogen and oxygen atoms in total. The van der Waals surface area contributed by atoms with Gasteiger partial charge >= 0.3 is 0 Å². The van der Waals surface area contributed by atoms with Crippen LogP contribution in [-0.4, -0.2) is 9.55 Å². The van der Waals surface area contributed by atoms with Crippen LogP contribution in [-0.2, 0) is 6.54 Å². The van der Waals surface area contributed by atoms with Gasteiger partial charge in [0.1, 0.15) is 5.52 Å². The van der Waals surface area contributed by atoms with E-state index in [1.807, 2.05) is 18.2 Å². The molecule has 2 N–H and O–H groups in total.